The van der Waals surface area contributed by atoms with Gasteiger partial charge in [0.15, 0.2) is 11.5 Å². The van der Waals surface area contributed by atoms with E-state index in [9.17, 15) is 9.59 Å². The van der Waals surface area contributed by atoms with Gasteiger partial charge in [-0.05, 0) is 33.1 Å². The van der Waals surface area contributed by atoms with Gasteiger partial charge in [-0.2, -0.15) is 0 Å². The molecule has 2 amide bonds. The molecule has 0 aliphatic carbocycles. The SMILES string of the molecule is CC(=O)N1C=Cc2ccccc2[C@@H]1CC(=O)Nc1cc2c(cc1Br)OCCO2. The number of hydrogen-bond donors (Lipinski definition) is 1. The number of halogens is 1. The highest BCUT2D eigenvalue weighted by Gasteiger charge is 2.28. The number of benzene rings is 2. The topological polar surface area (TPSA) is 67.9 Å². The molecule has 0 saturated carbocycles. The summed E-state index contributed by atoms with van der Waals surface area (Å²) in [5, 5.41) is 2.91. The number of hydrogen-bond acceptors (Lipinski definition) is 4. The van der Waals surface area contributed by atoms with Crippen molar-refractivity contribution in [1.29, 1.82) is 0 Å². The summed E-state index contributed by atoms with van der Waals surface area (Å²) < 4.78 is 11.8. The number of nitrogens with one attached hydrogen (secondary N) is 1. The lowest BCUT2D eigenvalue weighted by atomic mass is 9.93. The van der Waals surface area contributed by atoms with Gasteiger partial charge >= 0.3 is 0 Å². The minimum Gasteiger partial charge on any atom is -0.486 e. The van der Waals surface area contributed by atoms with Crippen LogP contribution in [0.3, 0.4) is 0 Å². The molecule has 0 spiro atoms. The minimum absolute atomic E-state index is 0.107. The van der Waals surface area contributed by atoms with Crippen LogP contribution in [0, 0.1) is 0 Å². The number of anilines is 1. The van der Waals surface area contributed by atoms with Crippen molar-refractivity contribution in [1.82, 2.24) is 4.90 Å². The van der Waals surface area contributed by atoms with Crippen molar-refractivity contribution in [3.63, 3.8) is 0 Å². The van der Waals surface area contributed by atoms with Gasteiger partial charge in [-0.25, -0.2) is 0 Å². The predicted molar refractivity (Wildman–Crippen MR) is 109 cm³/mol. The van der Waals surface area contributed by atoms with Crippen LogP contribution in [0.1, 0.15) is 30.5 Å². The van der Waals surface area contributed by atoms with Crippen LogP contribution in [0.4, 0.5) is 5.69 Å². The summed E-state index contributed by atoms with van der Waals surface area (Å²) in [5.74, 6) is 0.939. The lowest BCUT2D eigenvalue weighted by Crippen LogP contribution is -2.33. The number of carbonyl (C=O) groups excluding carboxylic acids is 2. The van der Waals surface area contributed by atoms with Crippen LogP contribution in [-0.4, -0.2) is 29.9 Å². The summed E-state index contributed by atoms with van der Waals surface area (Å²) in [4.78, 5) is 26.5. The Hall–Kier alpha value is -2.80. The molecular formula is C21H19BrN2O4. The third kappa shape index (κ3) is 3.62. The van der Waals surface area contributed by atoms with Gasteiger partial charge in [-0.1, -0.05) is 24.3 Å². The highest BCUT2D eigenvalue weighted by Crippen LogP contribution is 2.39. The van der Waals surface area contributed by atoms with Gasteiger partial charge < -0.3 is 19.7 Å². The molecule has 2 aromatic carbocycles. The lowest BCUT2D eigenvalue weighted by molar-refractivity contribution is -0.129. The van der Waals surface area contributed by atoms with E-state index in [2.05, 4.69) is 21.2 Å². The zero-order valence-corrected chi connectivity index (χ0v) is 16.9. The Morgan fingerprint density at radius 1 is 1.18 bits per heavy atom. The fourth-order valence-corrected chi connectivity index (χ4v) is 3.87. The summed E-state index contributed by atoms with van der Waals surface area (Å²) in [6.45, 7) is 2.47. The van der Waals surface area contributed by atoms with E-state index < -0.39 is 0 Å². The Morgan fingerprint density at radius 2 is 1.89 bits per heavy atom. The average Bonchev–Trinajstić information content (AvgIpc) is 2.68. The number of amides is 2. The van der Waals surface area contributed by atoms with Crippen LogP contribution in [0.5, 0.6) is 11.5 Å². The molecule has 6 nitrogen and oxygen atoms in total. The molecule has 1 N–H and O–H groups in total. The molecular weight excluding hydrogens is 424 g/mol. The van der Waals surface area contributed by atoms with Crippen molar-refractivity contribution >= 4 is 39.5 Å². The van der Waals surface area contributed by atoms with Crippen molar-refractivity contribution in [3.8, 4) is 11.5 Å². The van der Waals surface area contributed by atoms with Crippen molar-refractivity contribution in [2.24, 2.45) is 0 Å². The van der Waals surface area contributed by atoms with Crippen LogP contribution in [0.15, 0.2) is 47.1 Å². The molecule has 2 aliphatic heterocycles. The molecule has 28 heavy (non-hydrogen) atoms. The van der Waals surface area contributed by atoms with Gasteiger partial charge in [-0.15, -0.1) is 0 Å². The summed E-state index contributed by atoms with van der Waals surface area (Å²) in [6.07, 6.45) is 3.77. The van der Waals surface area contributed by atoms with Gasteiger partial charge in [0.1, 0.15) is 13.2 Å². The first-order valence-electron chi connectivity index (χ1n) is 8.98. The quantitative estimate of drug-likeness (QED) is 0.775. The number of fused-ring (bicyclic) bond motifs is 2. The number of ether oxygens (including phenoxy) is 2. The summed E-state index contributed by atoms with van der Waals surface area (Å²) in [5.41, 5.74) is 2.57. The van der Waals surface area contributed by atoms with Gasteiger partial charge in [-0.3, -0.25) is 9.59 Å². The minimum atomic E-state index is -0.352. The molecule has 0 unspecified atom stereocenters. The molecule has 0 saturated heterocycles. The highest BCUT2D eigenvalue weighted by atomic mass is 79.9. The fourth-order valence-electron chi connectivity index (χ4n) is 3.45. The van der Waals surface area contributed by atoms with Gasteiger partial charge in [0.05, 0.1) is 18.2 Å². The molecule has 144 valence electrons. The van der Waals surface area contributed by atoms with Crippen molar-refractivity contribution < 1.29 is 19.1 Å². The smallest absolute Gasteiger partial charge is 0.226 e. The second-order valence-electron chi connectivity index (χ2n) is 6.61. The van der Waals surface area contributed by atoms with Crippen LogP contribution in [0.2, 0.25) is 0 Å². The van der Waals surface area contributed by atoms with Gasteiger partial charge in [0.25, 0.3) is 0 Å². The van der Waals surface area contributed by atoms with E-state index in [0.717, 1.165) is 11.1 Å². The summed E-state index contributed by atoms with van der Waals surface area (Å²) in [6, 6.07) is 11.0. The predicted octanol–water partition coefficient (Wildman–Crippen LogP) is 4.12. The molecule has 0 bridgehead atoms. The number of nitrogens with zero attached hydrogens (tertiary/aromatic N) is 1. The normalized spacial score (nSPS) is 17.1. The molecule has 7 heteroatoms. The van der Waals surface area contributed by atoms with Gasteiger partial charge in [0, 0.05) is 29.7 Å². The third-order valence-electron chi connectivity index (χ3n) is 4.75. The van der Waals surface area contributed by atoms with Gasteiger partial charge in [0.2, 0.25) is 11.8 Å². The van der Waals surface area contributed by atoms with Crippen LogP contribution >= 0.6 is 15.9 Å². The maximum Gasteiger partial charge on any atom is 0.226 e. The Balaban J connectivity index is 1.56. The van der Waals surface area contributed by atoms with Crippen LogP contribution in [0.25, 0.3) is 6.08 Å². The summed E-state index contributed by atoms with van der Waals surface area (Å²) >= 11 is 3.46. The zero-order valence-electron chi connectivity index (χ0n) is 15.3. The Kier molecular flexibility index (Phi) is 5.09. The molecule has 2 aromatic rings. The van der Waals surface area contributed by atoms with E-state index in [1.807, 2.05) is 30.3 Å². The monoisotopic (exact) mass is 442 g/mol. The molecule has 1 atom stereocenters. The molecule has 2 heterocycles. The molecule has 0 radical (unpaired) electrons. The second-order valence-corrected chi connectivity index (χ2v) is 7.47. The average molecular weight is 443 g/mol. The van der Waals surface area contributed by atoms with E-state index >= 15 is 0 Å². The van der Waals surface area contributed by atoms with E-state index in [0.29, 0.717) is 34.9 Å². The van der Waals surface area contributed by atoms with Crippen molar-refractivity contribution in [3.05, 3.63) is 58.2 Å². The summed E-state index contributed by atoms with van der Waals surface area (Å²) in [7, 11) is 0. The first kappa shape index (κ1) is 18.6. The maximum atomic E-state index is 12.8. The standard InChI is InChI=1S/C21H19BrN2O4/c1-13(25)24-7-6-14-4-2-3-5-15(14)18(24)12-21(26)23-17-11-20-19(10-16(17)22)27-8-9-28-20/h2-7,10-11,18H,8-9,12H2,1H3,(H,23,26)/t18-/m0/s1. The van der Waals surface area contributed by atoms with Crippen molar-refractivity contribution in [2.45, 2.75) is 19.4 Å². The zero-order chi connectivity index (χ0) is 19.7. The van der Waals surface area contributed by atoms with Crippen LogP contribution < -0.4 is 14.8 Å². The fraction of sp³-hybridized carbons (Fsp3) is 0.238. The Morgan fingerprint density at radius 3 is 2.64 bits per heavy atom. The molecule has 0 fully saturated rings. The first-order valence-corrected chi connectivity index (χ1v) is 9.77. The maximum absolute atomic E-state index is 12.8. The molecule has 4 rings (SSSR count). The van der Waals surface area contributed by atoms with E-state index in [4.69, 9.17) is 9.47 Å². The Labute approximate surface area is 171 Å². The Bertz CT molecular complexity index is 973. The molecule has 2 aliphatic rings. The third-order valence-corrected chi connectivity index (χ3v) is 5.41. The molecule has 0 aromatic heterocycles. The first-order chi connectivity index (χ1) is 13.5. The second kappa shape index (κ2) is 7.67. The van der Waals surface area contributed by atoms with Crippen molar-refractivity contribution in [2.75, 3.05) is 18.5 Å². The van der Waals surface area contributed by atoms with E-state index in [1.165, 1.54) is 6.92 Å². The van der Waals surface area contributed by atoms with E-state index in [-0.39, 0.29) is 24.3 Å². The largest absolute Gasteiger partial charge is 0.486 e. The number of rotatable bonds is 3. The van der Waals surface area contributed by atoms with Crippen LogP contribution in [-0.2, 0) is 9.59 Å². The lowest BCUT2D eigenvalue weighted by Gasteiger charge is -2.32. The van der Waals surface area contributed by atoms with E-state index in [1.54, 1.807) is 23.2 Å². The number of carbonyl (C=O) groups is 2. The highest BCUT2D eigenvalue weighted by molar-refractivity contribution is 9.10.